The number of carbonyl (C=O) groups is 1. The zero-order valence-corrected chi connectivity index (χ0v) is 24.6. The van der Waals surface area contributed by atoms with E-state index in [1.54, 1.807) is 0 Å². The second kappa shape index (κ2) is 7.59. The van der Waals surface area contributed by atoms with Crippen LogP contribution in [0.5, 0.6) is 0 Å². The predicted molar refractivity (Wildman–Crippen MR) is 140 cm³/mol. The van der Waals surface area contributed by atoms with Crippen molar-refractivity contribution in [3.8, 4) is 0 Å². The molecule has 5 saturated carbocycles. The third-order valence-electron chi connectivity index (χ3n) is 13.5. The van der Waals surface area contributed by atoms with Gasteiger partial charge in [0.1, 0.15) is 6.10 Å². The summed E-state index contributed by atoms with van der Waals surface area (Å²) in [6.45, 7) is 17.7. The van der Waals surface area contributed by atoms with Gasteiger partial charge in [0.05, 0.1) is 6.10 Å². The SMILES string of the molecule is CO[C@@H]1C[C@H]2[C@@H]3C[C@@H]4OC(=O)C[C@@H](C)[C@@H]4[C@@]3(CO[Si](C)(C)C(C)(C)C)CC[C@@H]2[C@@]2(C)CC[C@@H]3C[C@]312. The van der Waals surface area contributed by atoms with Crippen molar-refractivity contribution in [2.75, 3.05) is 13.7 Å². The quantitative estimate of drug-likeness (QED) is 0.312. The van der Waals surface area contributed by atoms with Gasteiger partial charge in [-0.15, -0.1) is 0 Å². The molecule has 0 aromatic carbocycles. The molecule has 5 heteroatoms. The minimum atomic E-state index is -1.88. The molecule has 6 aliphatic rings. The normalized spacial score (nSPS) is 52.6. The van der Waals surface area contributed by atoms with Gasteiger partial charge in [0.15, 0.2) is 8.32 Å². The van der Waals surface area contributed by atoms with Gasteiger partial charge in [0.25, 0.3) is 0 Å². The highest BCUT2D eigenvalue weighted by molar-refractivity contribution is 6.74. The highest BCUT2D eigenvalue weighted by atomic mass is 28.4. The van der Waals surface area contributed by atoms with Gasteiger partial charge in [-0.2, -0.15) is 0 Å². The van der Waals surface area contributed by atoms with E-state index in [0.717, 1.165) is 24.9 Å². The Kier molecular flexibility index (Phi) is 5.40. The van der Waals surface area contributed by atoms with Gasteiger partial charge >= 0.3 is 5.97 Å². The van der Waals surface area contributed by atoms with Gasteiger partial charge in [-0.3, -0.25) is 4.79 Å². The Bertz CT molecular complexity index is 895. The third kappa shape index (κ3) is 3.13. The van der Waals surface area contributed by atoms with Gasteiger partial charge in [-0.05, 0) is 98.1 Å². The van der Waals surface area contributed by atoms with Gasteiger partial charge in [-0.1, -0.05) is 34.6 Å². The molecular formula is C30H50O4Si. The lowest BCUT2D eigenvalue weighted by atomic mass is 9.45. The van der Waals surface area contributed by atoms with Gasteiger partial charge < -0.3 is 13.9 Å². The van der Waals surface area contributed by atoms with E-state index in [1.807, 2.05) is 7.11 Å². The first-order chi connectivity index (χ1) is 16.3. The molecule has 4 nitrogen and oxygen atoms in total. The standard InChI is InChI=1S/C30H50O4Si/c1-18-13-25(31)34-23-15-22-20-14-24(32-6)30-16-19(30)9-11-28(30,5)21(20)10-12-29(22,26(18)23)17-33-35(7,8)27(2,3)4/h18-24,26H,9-17H2,1-8H3/t18-,19-,20-,21+,22+,23+,24-,26+,28-,29-,30+/m1/s1. The molecule has 35 heavy (non-hydrogen) atoms. The summed E-state index contributed by atoms with van der Waals surface area (Å²) in [5, 5.41) is 0.204. The molecule has 11 atom stereocenters. The van der Waals surface area contributed by atoms with Crippen molar-refractivity contribution in [2.45, 2.75) is 116 Å². The van der Waals surface area contributed by atoms with E-state index in [4.69, 9.17) is 13.9 Å². The van der Waals surface area contributed by atoms with E-state index in [0.29, 0.717) is 47.0 Å². The van der Waals surface area contributed by atoms with E-state index in [1.165, 1.54) is 38.5 Å². The Morgan fingerprint density at radius 1 is 1.11 bits per heavy atom. The topological polar surface area (TPSA) is 44.8 Å². The van der Waals surface area contributed by atoms with Crippen LogP contribution in [0.15, 0.2) is 0 Å². The van der Waals surface area contributed by atoms with Crippen LogP contribution in [0.4, 0.5) is 0 Å². The smallest absolute Gasteiger partial charge is 0.306 e. The number of carbonyl (C=O) groups excluding carboxylic acids is 1. The van der Waals surface area contributed by atoms with Crippen LogP contribution in [0.25, 0.3) is 0 Å². The Morgan fingerprint density at radius 3 is 2.51 bits per heavy atom. The molecule has 198 valence electrons. The van der Waals surface area contributed by atoms with Gasteiger partial charge in [-0.25, -0.2) is 0 Å². The lowest BCUT2D eigenvalue weighted by Gasteiger charge is -2.61. The summed E-state index contributed by atoms with van der Waals surface area (Å²) < 4.78 is 19.6. The molecule has 0 aromatic heterocycles. The maximum Gasteiger partial charge on any atom is 0.306 e. The molecule has 1 aliphatic heterocycles. The molecule has 0 N–H and O–H groups in total. The van der Waals surface area contributed by atoms with Crippen LogP contribution in [-0.4, -0.2) is 40.2 Å². The lowest BCUT2D eigenvalue weighted by molar-refractivity contribution is -0.177. The van der Waals surface area contributed by atoms with Crippen molar-refractivity contribution < 1.29 is 18.7 Å². The van der Waals surface area contributed by atoms with Crippen molar-refractivity contribution in [1.29, 1.82) is 0 Å². The minimum Gasteiger partial charge on any atom is -0.462 e. The number of rotatable bonds is 4. The molecule has 0 radical (unpaired) electrons. The van der Waals surface area contributed by atoms with Crippen LogP contribution < -0.4 is 0 Å². The molecule has 1 saturated heterocycles. The summed E-state index contributed by atoms with van der Waals surface area (Å²) in [5.74, 6) is 3.79. The Balaban J connectivity index is 1.38. The summed E-state index contributed by atoms with van der Waals surface area (Å²) in [6, 6.07) is 0. The van der Waals surface area contributed by atoms with Crippen molar-refractivity contribution in [3.63, 3.8) is 0 Å². The van der Waals surface area contributed by atoms with Crippen LogP contribution >= 0.6 is 0 Å². The van der Waals surface area contributed by atoms with Crippen LogP contribution in [0.2, 0.25) is 18.1 Å². The second-order valence-corrected chi connectivity index (χ2v) is 20.3. The number of methoxy groups -OCH3 is 1. The molecular weight excluding hydrogens is 452 g/mol. The number of fused-ring (bicyclic) bond motifs is 6. The van der Waals surface area contributed by atoms with E-state index in [-0.39, 0.29) is 22.5 Å². The predicted octanol–water partition coefficient (Wildman–Crippen LogP) is 6.83. The Morgan fingerprint density at radius 2 is 1.86 bits per heavy atom. The fraction of sp³-hybridized carbons (Fsp3) is 0.967. The molecule has 5 aliphatic carbocycles. The number of esters is 1. The largest absolute Gasteiger partial charge is 0.462 e. The van der Waals surface area contributed by atoms with E-state index >= 15 is 0 Å². The van der Waals surface area contributed by atoms with Gasteiger partial charge in [0, 0.05) is 36.9 Å². The Labute approximate surface area is 214 Å². The highest BCUT2D eigenvalue weighted by Gasteiger charge is 2.78. The molecule has 6 fully saturated rings. The summed E-state index contributed by atoms with van der Waals surface area (Å²) >= 11 is 0. The minimum absolute atomic E-state index is 0.0235. The average molecular weight is 503 g/mol. The van der Waals surface area contributed by atoms with Crippen molar-refractivity contribution in [3.05, 3.63) is 0 Å². The van der Waals surface area contributed by atoms with Crippen LogP contribution in [0.3, 0.4) is 0 Å². The second-order valence-electron chi connectivity index (χ2n) is 15.5. The zero-order valence-electron chi connectivity index (χ0n) is 23.6. The molecule has 1 spiro atoms. The number of ether oxygens (including phenoxy) is 2. The molecule has 0 unspecified atom stereocenters. The van der Waals surface area contributed by atoms with Crippen LogP contribution in [0, 0.1) is 51.8 Å². The molecule has 0 amide bonds. The van der Waals surface area contributed by atoms with E-state index in [2.05, 4.69) is 47.7 Å². The first kappa shape index (κ1) is 24.9. The third-order valence-corrected chi connectivity index (χ3v) is 18.0. The maximum atomic E-state index is 12.5. The van der Waals surface area contributed by atoms with Crippen LogP contribution in [-0.2, 0) is 18.7 Å². The lowest BCUT2D eigenvalue weighted by Crippen LogP contribution is -2.59. The molecule has 0 bridgehead atoms. The molecule has 1 heterocycles. The van der Waals surface area contributed by atoms with Crippen molar-refractivity contribution >= 4 is 14.3 Å². The first-order valence-corrected chi connectivity index (χ1v) is 17.6. The molecule has 6 rings (SSSR count). The van der Waals surface area contributed by atoms with E-state index in [9.17, 15) is 4.79 Å². The zero-order chi connectivity index (χ0) is 25.2. The van der Waals surface area contributed by atoms with Crippen molar-refractivity contribution in [2.24, 2.45) is 51.8 Å². The van der Waals surface area contributed by atoms with Crippen molar-refractivity contribution in [1.82, 2.24) is 0 Å². The monoisotopic (exact) mass is 502 g/mol. The summed E-state index contributed by atoms with van der Waals surface area (Å²) in [5.41, 5.74) is 1.01. The fourth-order valence-corrected chi connectivity index (χ4v) is 11.9. The summed E-state index contributed by atoms with van der Waals surface area (Å²) in [6.07, 6.45) is 10.1. The summed E-state index contributed by atoms with van der Waals surface area (Å²) in [7, 11) is 0.0910. The Hall–Kier alpha value is -0.393. The molecule has 0 aromatic rings. The maximum absolute atomic E-state index is 12.5. The number of hydrogen-bond donors (Lipinski definition) is 0. The van der Waals surface area contributed by atoms with E-state index < -0.39 is 8.32 Å². The van der Waals surface area contributed by atoms with Gasteiger partial charge in [0.2, 0.25) is 0 Å². The van der Waals surface area contributed by atoms with Crippen LogP contribution in [0.1, 0.15) is 86.0 Å². The first-order valence-electron chi connectivity index (χ1n) is 14.7. The number of hydrogen-bond acceptors (Lipinski definition) is 4. The highest BCUT2D eigenvalue weighted by Crippen LogP contribution is 2.82. The fourth-order valence-electron chi connectivity index (χ4n) is 10.9. The summed E-state index contributed by atoms with van der Waals surface area (Å²) in [4.78, 5) is 12.5. The average Bonchev–Trinajstić information content (AvgIpc) is 3.28.